The van der Waals surface area contributed by atoms with Gasteiger partial charge in [-0.3, -0.25) is 10.1 Å². The Morgan fingerprint density at radius 1 is 1.15 bits per heavy atom. The van der Waals surface area contributed by atoms with Gasteiger partial charge in [0, 0.05) is 5.56 Å². The van der Waals surface area contributed by atoms with Crippen LogP contribution in [0.1, 0.15) is 21.5 Å². The molecule has 4 N–H and O–H groups in total. The Morgan fingerprint density at radius 3 is 2.41 bits per heavy atom. The molecule has 0 aliphatic heterocycles. The molecular weight excluding hydrogens is 350 g/mol. The predicted molar refractivity (Wildman–Crippen MR) is 95.5 cm³/mol. The number of aromatic carboxylic acids is 1. The molecule has 0 fully saturated rings. The van der Waals surface area contributed by atoms with Crippen molar-refractivity contribution in [2.24, 2.45) is 5.73 Å². The average molecular weight is 365 g/mol. The predicted octanol–water partition coefficient (Wildman–Crippen LogP) is 2.07. The molecule has 0 heterocycles. The topological polar surface area (TPSA) is 143 Å². The second kappa shape index (κ2) is 8.82. The molecule has 136 valence electrons. The minimum atomic E-state index is -1.06. The number of nitrogens with zero attached hydrogens (tertiary/aromatic N) is 1. The molecule has 2 aromatic rings. The maximum absolute atomic E-state index is 11.8. The maximum Gasteiger partial charge on any atom is 0.335 e. The standard InChI is InChI=1S/C19H15N3O5/c20-10-15(17(23)22-19(21)26)9-14-3-1-2-4-16(14)27-11-12-5-7-13(8-6-12)18(24)25/h1-9H,11H2,(H,24,25)(H3,21,22,23,26)/b15-9-. The summed E-state index contributed by atoms with van der Waals surface area (Å²) < 4.78 is 5.71. The highest BCUT2D eigenvalue weighted by Crippen LogP contribution is 2.22. The summed E-state index contributed by atoms with van der Waals surface area (Å²) in [5.74, 6) is -1.53. The van der Waals surface area contributed by atoms with Crippen molar-refractivity contribution in [1.29, 1.82) is 5.26 Å². The number of hydrogen-bond acceptors (Lipinski definition) is 5. The SMILES string of the molecule is N#C/C(=C/c1ccccc1OCc1ccc(C(=O)O)cc1)C(=O)NC(N)=O. The van der Waals surface area contributed by atoms with E-state index in [2.05, 4.69) is 0 Å². The van der Waals surface area contributed by atoms with Gasteiger partial charge in [-0.2, -0.15) is 5.26 Å². The number of amides is 3. The molecule has 0 saturated heterocycles. The Morgan fingerprint density at radius 2 is 1.81 bits per heavy atom. The molecule has 0 atom stereocenters. The van der Waals surface area contributed by atoms with Crippen LogP contribution in [-0.4, -0.2) is 23.0 Å². The van der Waals surface area contributed by atoms with E-state index < -0.39 is 17.9 Å². The number of benzene rings is 2. The molecule has 0 aromatic heterocycles. The third kappa shape index (κ3) is 5.44. The van der Waals surface area contributed by atoms with Gasteiger partial charge < -0.3 is 15.6 Å². The summed E-state index contributed by atoms with van der Waals surface area (Å²) in [6.07, 6.45) is 1.28. The summed E-state index contributed by atoms with van der Waals surface area (Å²) in [4.78, 5) is 33.4. The molecule has 8 heteroatoms. The van der Waals surface area contributed by atoms with E-state index in [0.29, 0.717) is 11.3 Å². The largest absolute Gasteiger partial charge is 0.488 e. The van der Waals surface area contributed by atoms with Crippen molar-refractivity contribution in [1.82, 2.24) is 5.32 Å². The van der Waals surface area contributed by atoms with Gasteiger partial charge in [-0.25, -0.2) is 9.59 Å². The number of urea groups is 1. The van der Waals surface area contributed by atoms with Crippen molar-refractivity contribution in [3.05, 3.63) is 70.8 Å². The van der Waals surface area contributed by atoms with E-state index in [-0.39, 0.29) is 17.7 Å². The van der Waals surface area contributed by atoms with Crippen LogP contribution in [0.2, 0.25) is 0 Å². The van der Waals surface area contributed by atoms with Crippen molar-refractivity contribution in [2.75, 3.05) is 0 Å². The molecule has 0 aliphatic carbocycles. The zero-order valence-electron chi connectivity index (χ0n) is 14.0. The molecule has 0 saturated carbocycles. The van der Waals surface area contributed by atoms with Crippen LogP contribution in [0, 0.1) is 11.3 Å². The first kappa shape index (κ1) is 19.2. The third-order valence-electron chi connectivity index (χ3n) is 3.42. The van der Waals surface area contributed by atoms with E-state index in [4.69, 9.17) is 20.8 Å². The zero-order chi connectivity index (χ0) is 19.8. The van der Waals surface area contributed by atoms with Gasteiger partial charge in [0.2, 0.25) is 0 Å². The first-order chi connectivity index (χ1) is 12.9. The van der Waals surface area contributed by atoms with Gasteiger partial charge in [0.15, 0.2) is 0 Å². The molecule has 0 spiro atoms. The fraction of sp³-hybridized carbons (Fsp3) is 0.0526. The van der Waals surface area contributed by atoms with E-state index in [0.717, 1.165) is 5.56 Å². The van der Waals surface area contributed by atoms with Crippen molar-refractivity contribution >= 4 is 24.0 Å². The highest BCUT2D eigenvalue weighted by atomic mass is 16.5. The number of nitrogens with two attached hydrogens (primary N) is 1. The quantitative estimate of drug-likeness (QED) is 0.528. The molecule has 27 heavy (non-hydrogen) atoms. The Hall–Kier alpha value is -4.12. The second-order valence-electron chi connectivity index (χ2n) is 5.32. The molecule has 2 aromatic carbocycles. The lowest BCUT2D eigenvalue weighted by Gasteiger charge is -2.10. The molecule has 3 amide bonds. The average Bonchev–Trinajstić information content (AvgIpc) is 2.64. The Labute approximate surface area is 154 Å². The van der Waals surface area contributed by atoms with Crippen LogP contribution < -0.4 is 15.8 Å². The highest BCUT2D eigenvalue weighted by molar-refractivity contribution is 6.08. The normalized spacial score (nSPS) is 10.6. The summed E-state index contributed by atoms with van der Waals surface area (Å²) >= 11 is 0. The first-order valence-corrected chi connectivity index (χ1v) is 7.67. The molecule has 8 nitrogen and oxygen atoms in total. The number of para-hydroxylation sites is 1. The number of carboxylic acids is 1. The Bertz CT molecular complexity index is 943. The lowest BCUT2D eigenvalue weighted by Crippen LogP contribution is -2.35. The smallest absolute Gasteiger partial charge is 0.335 e. The maximum atomic E-state index is 11.8. The fourth-order valence-electron chi connectivity index (χ4n) is 2.12. The number of carbonyl (C=O) groups is 3. The summed E-state index contributed by atoms with van der Waals surface area (Å²) in [7, 11) is 0. The van der Waals surface area contributed by atoms with E-state index in [1.807, 2.05) is 5.32 Å². The van der Waals surface area contributed by atoms with Crippen LogP contribution in [0.5, 0.6) is 5.75 Å². The number of ether oxygens (including phenoxy) is 1. The summed E-state index contributed by atoms with van der Waals surface area (Å²) in [6.45, 7) is 0.153. The zero-order valence-corrected chi connectivity index (χ0v) is 14.0. The number of carboxylic acid groups (broad SMARTS) is 1. The van der Waals surface area contributed by atoms with E-state index in [1.165, 1.54) is 18.2 Å². The molecule has 0 aliphatic rings. The summed E-state index contributed by atoms with van der Waals surface area (Å²) in [5.41, 5.74) is 5.94. The van der Waals surface area contributed by atoms with E-state index >= 15 is 0 Å². The third-order valence-corrected chi connectivity index (χ3v) is 3.42. The van der Waals surface area contributed by atoms with Gasteiger partial charge >= 0.3 is 12.0 Å². The van der Waals surface area contributed by atoms with Gasteiger partial charge in [-0.05, 0) is 29.8 Å². The van der Waals surface area contributed by atoms with Crippen LogP contribution in [0.3, 0.4) is 0 Å². The summed E-state index contributed by atoms with van der Waals surface area (Å²) in [5, 5.41) is 19.8. The number of imide groups is 1. The van der Waals surface area contributed by atoms with Crippen molar-refractivity contribution in [3.63, 3.8) is 0 Å². The molecule has 0 bridgehead atoms. The van der Waals surface area contributed by atoms with Crippen LogP contribution in [0.15, 0.2) is 54.1 Å². The molecule has 2 rings (SSSR count). The van der Waals surface area contributed by atoms with E-state index in [1.54, 1.807) is 42.5 Å². The van der Waals surface area contributed by atoms with Crippen molar-refractivity contribution < 1.29 is 24.2 Å². The molecule has 0 unspecified atom stereocenters. The van der Waals surface area contributed by atoms with Crippen LogP contribution in [-0.2, 0) is 11.4 Å². The Balaban J connectivity index is 2.18. The van der Waals surface area contributed by atoms with Crippen molar-refractivity contribution in [2.45, 2.75) is 6.61 Å². The lowest BCUT2D eigenvalue weighted by molar-refractivity contribution is -0.115. The van der Waals surface area contributed by atoms with Crippen LogP contribution in [0.25, 0.3) is 6.08 Å². The molecule has 0 radical (unpaired) electrons. The van der Waals surface area contributed by atoms with Gasteiger partial charge in [0.05, 0.1) is 5.56 Å². The van der Waals surface area contributed by atoms with Gasteiger partial charge in [-0.1, -0.05) is 30.3 Å². The second-order valence-corrected chi connectivity index (χ2v) is 5.32. The number of rotatable bonds is 6. The monoisotopic (exact) mass is 365 g/mol. The minimum absolute atomic E-state index is 0.153. The van der Waals surface area contributed by atoms with Crippen LogP contribution >= 0.6 is 0 Å². The number of hydrogen-bond donors (Lipinski definition) is 3. The fourth-order valence-corrected chi connectivity index (χ4v) is 2.12. The summed E-state index contributed by atoms with van der Waals surface area (Å²) in [6, 6.07) is 13.5. The van der Waals surface area contributed by atoms with Gasteiger partial charge in [0.25, 0.3) is 5.91 Å². The number of carbonyl (C=O) groups excluding carboxylic acids is 2. The molecular formula is C19H15N3O5. The minimum Gasteiger partial charge on any atom is -0.488 e. The number of nitrogens with one attached hydrogen (secondary N) is 1. The number of primary amides is 1. The van der Waals surface area contributed by atoms with Crippen molar-refractivity contribution in [3.8, 4) is 11.8 Å². The van der Waals surface area contributed by atoms with Gasteiger partial charge in [-0.15, -0.1) is 0 Å². The van der Waals surface area contributed by atoms with Gasteiger partial charge in [0.1, 0.15) is 24.0 Å². The Kier molecular flexibility index (Phi) is 6.28. The first-order valence-electron chi connectivity index (χ1n) is 7.67. The van der Waals surface area contributed by atoms with E-state index in [9.17, 15) is 14.4 Å². The van der Waals surface area contributed by atoms with Crippen LogP contribution in [0.4, 0.5) is 4.79 Å². The number of nitriles is 1. The lowest BCUT2D eigenvalue weighted by atomic mass is 10.1. The highest BCUT2D eigenvalue weighted by Gasteiger charge is 2.12.